The molecule has 0 saturated heterocycles. The molecule has 0 spiro atoms. The SMILES string of the molecule is COc1cc(CN(C)C)ccc1Nc1ncc(C(F)(F)F)c(CCc2ccc(C)cc2N(C)S(C)(=O)=O)n1. The van der Waals surface area contributed by atoms with E-state index < -0.39 is 21.8 Å². The van der Waals surface area contributed by atoms with Crippen molar-refractivity contribution in [2.45, 2.75) is 32.5 Å². The van der Waals surface area contributed by atoms with Gasteiger partial charge in [0.05, 0.1) is 36.0 Å². The van der Waals surface area contributed by atoms with Crippen molar-refractivity contribution >= 4 is 27.3 Å². The first kappa shape index (κ1) is 29.2. The minimum Gasteiger partial charge on any atom is -0.495 e. The topological polar surface area (TPSA) is 87.7 Å². The summed E-state index contributed by atoms with van der Waals surface area (Å²) >= 11 is 0. The van der Waals surface area contributed by atoms with Gasteiger partial charge >= 0.3 is 6.18 Å². The standard InChI is InChI=1S/C26H32F3N5O3S/c1-17-7-9-19(23(13-17)34(4)38(6,35)36)10-12-21-20(26(27,28)29)15-30-25(31-21)32-22-11-8-18(16-33(2)3)14-24(22)37-5/h7-9,11,13-15H,10,12,16H2,1-6H3,(H,30,31,32). The summed E-state index contributed by atoms with van der Waals surface area (Å²) in [6.45, 7) is 2.50. The van der Waals surface area contributed by atoms with Crippen molar-refractivity contribution in [2.75, 3.05) is 44.1 Å². The highest BCUT2D eigenvalue weighted by molar-refractivity contribution is 7.92. The van der Waals surface area contributed by atoms with E-state index in [0.29, 0.717) is 29.2 Å². The molecule has 0 atom stereocenters. The van der Waals surface area contributed by atoms with Crippen LogP contribution in [0, 0.1) is 6.92 Å². The zero-order chi connectivity index (χ0) is 28.3. The highest BCUT2D eigenvalue weighted by atomic mass is 32.2. The van der Waals surface area contributed by atoms with E-state index in [-0.39, 0.29) is 24.5 Å². The first-order valence-electron chi connectivity index (χ1n) is 11.7. The van der Waals surface area contributed by atoms with Gasteiger partial charge in [0.15, 0.2) is 0 Å². The van der Waals surface area contributed by atoms with Crippen LogP contribution in [0.2, 0.25) is 0 Å². The van der Waals surface area contributed by atoms with Gasteiger partial charge in [-0.3, -0.25) is 4.31 Å². The summed E-state index contributed by atoms with van der Waals surface area (Å²) < 4.78 is 72.3. The molecule has 1 heterocycles. The predicted octanol–water partition coefficient (Wildman–Crippen LogP) is 4.80. The van der Waals surface area contributed by atoms with Crippen LogP contribution in [0.1, 0.15) is 27.9 Å². The number of nitrogens with one attached hydrogen (secondary N) is 1. The lowest BCUT2D eigenvalue weighted by Crippen LogP contribution is -2.26. The fourth-order valence-electron chi connectivity index (χ4n) is 3.94. The van der Waals surface area contributed by atoms with Crippen LogP contribution in [0.3, 0.4) is 0 Å². The van der Waals surface area contributed by atoms with Gasteiger partial charge in [0, 0.05) is 19.8 Å². The van der Waals surface area contributed by atoms with E-state index >= 15 is 0 Å². The highest BCUT2D eigenvalue weighted by Crippen LogP contribution is 2.34. The summed E-state index contributed by atoms with van der Waals surface area (Å²) in [4.78, 5) is 10.1. The average molecular weight is 552 g/mol. The maximum absolute atomic E-state index is 13.8. The molecule has 0 bridgehead atoms. The number of aryl methyl sites for hydroxylation is 3. The summed E-state index contributed by atoms with van der Waals surface area (Å²) in [6.07, 6.45) is -2.77. The number of aromatic nitrogens is 2. The number of hydrogen-bond acceptors (Lipinski definition) is 7. The Balaban J connectivity index is 1.94. The number of rotatable bonds is 10. The van der Waals surface area contributed by atoms with Crippen molar-refractivity contribution in [3.05, 3.63) is 70.5 Å². The smallest absolute Gasteiger partial charge is 0.419 e. The summed E-state index contributed by atoms with van der Waals surface area (Å²) in [7, 11) is 3.24. The van der Waals surface area contributed by atoms with E-state index in [4.69, 9.17) is 4.74 Å². The first-order chi connectivity index (χ1) is 17.7. The lowest BCUT2D eigenvalue weighted by molar-refractivity contribution is -0.138. The van der Waals surface area contributed by atoms with Gasteiger partial charge in [0.1, 0.15) is 5.75 Å². The molecular formula is C26H32F3N5O3S. The second-order valence-corrected chi connectivity index (χ2v) is 11.3. The van der Waals surface area contributed by atoms with Crippen molar-refractivity contribution in [2.24, 2.45) is 0 Å². The number of benzene rings is 2. The molecule has 0 amide bonds. The minimum atomic E-state index is -4.65. The number of ether oxygens (including phenoxy) is 1. The second kappa shape index (κ2) is 11.6. The van der Waals surface area contributed by atoms with E-state index in [1.807, 2.05) is 38.1 Å². The van der Waals surface area contributed by atoms with Crippen LogP contribution in [-0.4, -0.2) is 57.8 Å². The van der Waals surface area contributed by atoms with Crippen LogP contribution >= 0.6 is 0 Å². The number of halogens is 3. The monoisotopic (exact) mass is 551 g/mol. The van der Waals surface area contributed by atoms with Crippen molar-refractivity contribution in [1.29, 1.82) is 0 Å². The van der Waals surface area contributed by atoms with Gasteiger partial charge in [0.25, 0.3) is 0 Å². The molecule has 1 aromatic heterocycles. The molecule has 0 aliphatic heterocycles. The molecule has 0 unspecified atom stereocenters. The summed E-state index contributed by atoms with van der Waals surface area (Å²) in [5.41, 5.74) is 2.19. The molecule has 3 aromatic rings. The summed E-state index contributed by atoms with van der Waals surface area (Å²) in [6, 6.07) is 10.7. The van der Waals surface area contributed by atoms with Crippen LogP contribution in [0.25, 0.3) is 0 Å². The van der Waals surface area contributed by atoms with Crippen molar-refractivity contribution < 1.29 is 26.3 Å². The van der Waals surface area contributed by atoms with E-state index in [1.165, 1.54) is 14.2 Å². The fraction of sp³-hybridized carbons (Fsp3) is 0.385. The van der Waals surface area contributed by atoms with Crippen LogP contribution in [0.15, 0.2) is 42.6 Å². The summed E-state index contributed by atoms with van der Waals surface area (Å²) in [5, 5.41) is 2.96. The van der Waals surface area contributed by atoms with E-state index in [1.54, 1.807) is 24.3 Å². The van der Waals surface area contributed by atoms with Crippen molar-refractivity contribution in [3.8, 4) is 5.75 Å². The Hall–Kier alpha value is -3.38. The maximum Gasteiger partial charge on any atom is 0.419 e. The molecule has 0 saturated carbocycles. The van der Waals surface area contributed by atoms with Gasteiger partial charge in [-0.05, 0) is 68.8 Å². The zero-order valence-electron chi connectivity index (χ0n) is 22.2. The largest absolute Gasteiger partial charge is 0.495 e. The third-order valence-corrected chi connectivity index (χ3v) is 7.08. The van der Waals surface area contributed by atoms with Gasteiger partial charge in [-0.1, -0.05) is 18.2 Å². The lowest BCUT2D eigenvalue weighted by atomic mass is 10.0. The molecule has 12 heteroatoms. The Morgan fingerprint density at radius 1 is 1.05 bits per heavy atom. The van der Waals surface area contributed by atoms with Gasteiger partial charge in [-0.15, -0.1) is 0 Å². The Morgan fingerprint density at radius 2 is 1.76 bits per heavy atom. The van der Waals surface area contributed by atoms with Gasteiger partial charge in [-0.2, -0.15) is 13.2 Å². The Morgan fingerprint density at radius 3 is 2.37 bits per heavy atom. The molecule has 8 nitrogen and oxygen atoms in total. The second-order valence-electron chi connectivity index (χ2n) is 9.31. The maximum atomic E-state index is 13.8. The highest BCUT2D eigenvalue weighted by Gasteiger charge is 2.35. The number of sulfonamides is 1. The van der Waals surface area contributed by atoms with Crippen molar-refractivity contribution in [1.82, 2.24) is 14.9 Å². The van der Waals surface area contributed by atoms with Crippen LogP contribution < -0.4 is 14.4 Å². The Bertz CT molecular complexity index is 1400. The van der Waals surface area contributed by atoms with Gasteiger partial charge in [-0.25, -0.2) is 18.4 Å². The quantitative estimate of drug-likeness (QED) is 0.387. The van der Waals surface area contributed by atoms with E-state index in [2.05, 4.69) is 15.3 Å². The number of anilines is 3. The zero-order valence-corrected chi connectivity index (χ0v) is 23.0. The molecule has 0 fully saturated rings. The lowest BCUT2D eigenvalue weighted by Gasteiger charge is -2.21. The molecule has 3 rings (SSSR count). The molecule has 1 N–H and O–H groups in total. The third-order valence-electron chi connectivity index (χ3n) is 5.89. The number of hydrogen-bond donors (Lipinski definition) is 1. The van der Waals surface area contributed by atoms with Crippen molar-refractivity contribution in [3.63, 3.8) is 0 Å². The molecule has 38 heavy (non-hydrogen) atoms. The third kappa shape index (κ3) is 7.35. The first-order valence-corrected chi connectivity index (χ1v) is 13.6. The van der Waals surface area contributed by atoms with Gasteiger partial charge in [0.2, 0.25) is 16.0 Å². The normalized spacial score (nSPS) is 12.1. The molecule has 0 aliphatic rings. The van der Waals surface area contributed by atoms with Crippen LogP contribution in [-0.2, 0) is 35.6 Å². The molecular weight excluding hydrogens is 519 g/mol. The van der Waals surface area contributed by atoms with Crippen LogP contribution in [0.5, 0.6) is 5.75 Å². The predicted molar refractivity (Wildman–Crippen MR) is 143 cm³/mol. The molecule has 0 aliphatic carbocycles. The molecule has 0 radical (unpaired) electrons. The Labute approximate surface area is 221 Å². The van der Waals surface area contributed by atoms with Crippen LogP contribution in [0.4, 0.5) is 30.5 Å². The summed E-state index contributed by atoms with van der Waals surface area (Å²) in [5.74, 6) is 0.492. The van der Waals surface area contributed by atoms with Gasteiger partial charge < -0.3 is 15.0 Å². The Kier molecular flexibility index (Phi) is 8.88. The number of alkyl halides is 3. The molecule has 2 aromatic carbocycles. The number of methoxy groups -OCH3 is 1. The van der Waals surface area contributed by atoms with E-state index in [9.17, 15) is 21.6 Å². The van der Waals surface area contributed by atoms with E-state index in [0.717, 1.165) is 27.9 Å². The fourth-order valence-corrected chi connectivity index (χ4v) is 4.46. The molecule has 206 valence electrons. The number of nitrogens with zero attached hydrogens (tertiary/aromatic N) is 4. The minimum absolute atomic E-state index is 0.0101. The average Bonchev–Trinajstić information content (AvgIpc) is 2.82.